The number of hydrogen-bond acceptors (Lipinski definition) is 8. The molecule has 9 nitrogen and oxygen atoms in total. The van der Waals surface area contributed by atoms with Gasteiger partial charge in [-0.05, 0) is 48.9 Å². The van der Waals surface area contributed by atoms with Crippen molar-refractivity contribution in [1.82, 2.24) is 25.7 Å². The van der Waals surface area contributed by atoms with E-state index in [1.54, 1.807) is 14.2 Å². The second kappa shape index (κ2) is 10.1. The molecular weight excluding hydrogens is 456 g/mol. The van der Waals surface area contributed by atoms with Crippen LogP contribution in [0.3, 0.4) is 0 Å². The lowest BCUT2D eigenvalue weighted by Crippen LogP contribution is -2.32. The maximum Gasteiger partial charge on any atom is 0.148 e. The number of aliphatic hydroxyl groups excluding tert-OH is 1. The molecule has 4 N–H and O–H groups in total. The van der Waals surface area contributed by atoms with Crippen LogP contribution in [0.25, 0.3) is 16.7 Å². The Morgan fingerprint density at radius 1 is 1.17 bits per heavy atom. The van der Waals surface area contributed by atoms with Gasteiger partial charge < -0.3 is 24.9 Å². The molecule has 0 saturated carbocycles. The van der Waals surface area contributed by atoms with Gasteiger partial charge in [0.2, 0.25) is 0 Å². The largest absolute Gasteiger partial charge is 0.497 e. The van der Waals surface area contributed by atoms with E-state index in [0.717, 1.165) is 45.9 Å². The van der Waals surface area contributed by atoms with E-state index in [0.29, 0.717) is 24.0 Å². The first-order chi connectivity index (χ1) is 17.5. The number of pyridine rings is 1. The Bertz CT molecular complexity index is 1360. The average molecular weight is 489 g/mol. The molecule has 1 aromatic carbocycles. The Hall–Kier alpha value is -3.66. The van der Waals surface area contributed by atoms with Crippen LogP contribution in [-0.4, -0.2) is 65.8 Å². The van der Waals surface area contributed by atoms with E-state index in [1.807, 2.05) is 36.7 Å². The van der Waals surface area contributed by atoms with E-state index in [2.05, 4.69) is 51.7 Å². The van der Waals surface area contributed by atoms with Crippen LogP contribution >= 0.6 is 0 Å². The summed E-state index contributed by atoms with van der Waals surface area (Å²) >= 11 is 0. The number of aromatic amines is 1. The second-order valence-corrected chi connectivity index (χ2v) is 9.26. The molecule has 1 unspecified atom stereocenters. The highest BCUT2D eigenvalue weighted by atomic mass is 16.5. The van der Waals surface area contributed by atoms with Gasteiger partial charge in [0.15, 0.2) is 0 Å². The molecule has 2 aromatic heterocycles. The number of allylic oxidation sites excluding steroid dienone is 1. The minimum absolute atomic E-state index is 0.170. The molecule has 0 radical (unpaired) electrons. The molecule has 5 rings (SSSR count). The van der Waals surface area contributed by atoms with E-state index in [4.69, 9.17) is 14.5 Å². The molecule has 0 bridgehead atoms. The minimum Gasteiger partial charge on any atom is -0.497 e. The molecule has 2 aliphatic heterocycles. The number of aliphatic hydroxyl groups is 1. The maximum atomic E-state index is 10.1. The van der Waals surface area contributed by atoms with Crippen LogP contribution in [0.4, 0.5) is 0 Å². The molecule has 36 heavy (non-hydrogen) atoms. The molecule has 0 amide bonds. The Kier molecular flexibility index (Phi) is 6.77. The molecule has 1 atom stereocenters. The molecule has 0 aliphatic carbocycles. The topological polar surface area (TPSA) is 107 Å². The first kappa shape index (κ1) is 24.1. The van der Waals surface area contributed by atoms with E-state index in [-0.39, 0.29) is 6.61 Å². The number of fused-ring (bicyclic) bond motifs is 2. The predicted octanol–water partition coefficient (Wildman–Crippen LogP) is 3.06. The number of aliphatic imine (C=N–C) groups is 1. The number of likely N-dealkylation sites (N-methyl/N-ethyl adjacent to an activating group) is 1. The van der Waals surface area contributed by atoms with Gasteiger partial charge in [-0.1, -0.05) is 13.8 Å². The van der Waals surface area contributed by atoms with Crippen LogP contribution in [0, 0.1) is 5.92 Å². The third-order valence-electron chi connectivity index (χ3n) is 6.35. The number of H-pyrrole nitrogens is 1. The fourth-order valence-electron chi connectivity index (χ4n) is 4.43. The van der Waals surface area contributed by atoms with Gasteiger partial charge in [0.1, 0.15) is 35.7 Å². The standard InChI is InChI=1S/C27H32N6O3/c1-16(2)23-14-31-33-25(19-7-17-5-6-29-26(17)30-12-19)11-24(32-27(23)33)18-8-21(35-4)10-22(9-18)36-15-20(34)13-28-3/h5-12,16,20,28,31,34H,13-15H2,1-4H3,(H,29,30). The highest BCUT2D eigenvalue weighted by Gasteiger charge is 2.31. The molecule has 188 valence electrons. The van der Waals surface area contributed by atoms with Crippen molar-refractivity contribution in [3.05, 3.63) is 71.3 Å². The zero-order valence-electron chi connectivity index (χ0n) is 21.0. The molecule has 4 heterocycles. The van der Waals surface area contributed by atoms with Gasteiger partial charge in [0.05, 0.1) is 18.5 Å². The normalized spacial score (nSPS) is 16.3. The van der Waals surface area contributed by atoms with Crippen LogP contribution in [0.2, 0.25) is 0 Å². The van der Waals surface area contributed by atoms with E-state index in [9.17, 15) is 5.11 Å². The van der Waals surface area contributed by atoms with Crippen LogP contribution < -0.4 is 20.2 Å². The fourth-order valence-corrected chi connectivity index (χ4v) is 4.43. The van der Waals surface area contributed by atoms with Crippen molar-refractivity contribution in [3.8, 4) is 11.5 Å². The second-order valence-electron chi connectivity index (χ2n) is 9.26. The van der Waals surface area contributed by atoms with Gasteiger partial charge in [-0.3, -0.25) is 5.01 Å². The van der Waals surface area contributed by atoms with Crippen molar-refractivity contribution in [2.24, 2.45) is 10.9 Å². The van der Waals surface area contributed by atoms with E-state index in [1.165, 1.54) is 5.57 Å². The Morgan fingerprint density at radius 2 is 2.00 bits per heavy atom. The molecular formula is C27H32N6O3. The Morgan fingerprint density at radius 3 is 2.78 bits per heavy atom. The van der Waals surface area contributed by atoms with E-state index >= 15 is 0 Å². The molecule has 0 fully saturated rings. The van der Waals surface area contributed by atoms with Crippen molar-refractivity contribution in [2.75, 3.05) is 33.9 Å². The molecule has 0 saturated heterocycles. The quantitative estimate of drug-likeness (QED) is 0.367. The van der Waals surface area contributed by atoms with Crippen molar-refractivity contribution in [1.29, 1.82) is 0 Å². The Balaban J connectivity index is 1.58. The number of hydrogen-bond donors (Lipinski definition) is 4. The monoisotopic (exact) mass is 488 g/mol. The van der Waals surface area contributed by atoms with Gasteiger partial charge in [-0.25, -0.2) is 15.4 Å². The van der Waals surface area contributed by atoms with Crippen molar-refractivity contribution >= 4 is 22.4 Å². The summed E-state index contributed by atoms with van der Waals surface area (Å²) in [7, 11) is 3.42. The number of rotatable bonds is 9. The first-order valence-corrected chi connectivity index (χ1v) is 12.1. The van der Waals surface area contributed by atoms with Crippen LogP contribution in [0.5, 0.6) is 11.5 Å². The summed E-state index contributed by atoms with van der Waals surface area (Å²) < 4.78 is 11.5. The average Bonchev–Trinajstić information content (AvgIpc) is 3.53. The van der Waals surface area contributed by atoms with Gasteiger partial charge in [-0.2, -0.15) is 0 Å². The number of ether oxygens (including phenoxy) is 2. The lowest BCUT2D eigenvalue weighted by Gasteiger charge is -2.28. The van der Waals surface area contributed by atoms with Crippen molar-refractivity contribution in [3.63, 3.8) is 0 Å². The third-order valence-corrected chi connectivity index (χ3v) is 6.35. The fraction of sp³-hybridized carbons (Fsp3) is 0.333. The number of benzene rings is 1. The zero-order valence-corrected chi connectivity index (χ0v) is 21.0. The third kappa shape index (κ3) is 4.73. The van der Waals surface area contributed by atoms with Crippen LogP contribution in [0.15, 0.2) is 65.2 Å². The summed E-state index contributed by atoms with van der Waals surface area (Å²) in [5.74, 6) is 2.51. The summed E-state index contributed by atoms with van der Waals surface area (Å²) in [6, 6.07) is 9.85. The lowest BCUT2D eigenvalue weighted by atomic mass is 10.0. The van der Waals surface area contributed by atoms with Gasteiger partial charge in [0.25, 0.3) is 0 Å². The smallest absolute Gasteiger partial charge is 0.148 e. The summed E-state index contributed by atoms with van der Waals surface area (Å²) in [6.45, 7) is 5.72. The van der Waals surface area contributed by atoms with Crippen molar-refractivity contribution in [2.45, 2.75) is 20.0 Å². The molecule has 2 aliphatic rings. The van der Waals surface area contributed by atoms with Crippen LogP contribution in [0.1, 0.15) is 25.0 Å². The number of nitrogens with one attached hydrogen (secondary N) is 3. The van der Waals surface area contributed by atoms with Crippen LogP contribution in [-0.2, 0) is 0 Å². The number of aromatic nitrogens is 2. The summed E-state index contributed by atoms with van der Waals surface area (Å²) in [6.07, 6.45) is 5.22. The molecule has 0 spiro atoms. The molecule has 3 aromatic rings. The highest BCUT2D eigenvalue weighted by Crippen LogP contribution is 2.36. The SMILES string of the molecule is CNCC(O)COc1cc(OC)cc(C2=NC3=C(C(C)C)CNN3C(c3cnc4[nH]ccc4c3)=C2)c1. The highest BCUT2D eigenvalue weighted by molar-refractivity contribution is 6.14. The summed E-state index contributed by atoms with van der Waals surface area (Å²) in [5, 5.41) is 16.1. The number of nitrogens with zero attached hydrogens (tertiary/aromatic N) is 3. The summed E-state index contributed by atoms with van der Waals surface area (Å²) in [5.41, 5.74) is 9.20. The van der Waals surface area contributed by atoms with E-state index < -0.39 is 6.10 Å². The lowest BCUT2D eigenvalue weighted by molar-refractivity contribution is 0.108. The first-order valence-electron chi connectivity index (χ1n) is 12.1. The van der Waals surface area contributed by atoms with Crippen molar-refractivity contribution < 1.29 is 14.6 Å². The number of hydrazine groups is 1. The number of methoxy groups -OCH3 is 1. The summed E-state index contributed by atoms with van der Waals surface area (Å²) in [4.78, 5) is 12.8. The van der Waals surface area contributed by atoms with Gasteiger partial charge in [0, 0.05) is 48.1 Å². The van der Waals surface area contributed by atoms with Gasteiger partial charge >= 0.3 is 0 Å². The molecule has 9 heteroatoms. The zero-order chi connectivity index (χ0) is 25.2. The van der Waals surface area contributed by atoms with Gasteiger partial charge in [-0.15, -0.1) is 0 Å². The maximum absolute atomic E-state index is 10.1. The minimum atomic E-state index is -0.615. The Labute approximate surface area is 210 Å². The predicted molar refractivity (Wildman–Crippen MR) is 141 cm³/mol.